The summed E-state index contributed by atoms with van der Waals surface area (Å²) in [5, 5.41) is 11.1. The van der Waals surface area contributed by atoms with Gasteiger partial charge in [0.1, 0.15) is 5.56 Å². The van der Waals surface area contributed by atoms with Crippen LogP contribution in [0, 0.1) is 0 Å². The summed E-state index contributed by atoms with van der Waals surface area (Å²) < 4.78 is 78.0. The summed E-state index contributed by atoms with van der Waals surface area (Å²) in [6, 6.07) is 3.11. The normalized spacial score (nSPS) is 12.1. The molecule has 0 unspecified atom stereocenters. The predicted molar refractivity (Wildman–Crippen MR) is 80.5 cm³/mol. The number of carboxylic acid groups (broad SMARTS) is 1. The van der Waals surface area contributed by atoms with Crippen molar-refractivity contribution in [3.8, 4) is 0 Å². The van der Waals surface area contributed by atoms with E-state index in [-0.39, 0.29) is 10.6 Å². The van der Waals surface area contributed by atoms with Crippen molar-refractivity contribution in [3.05, 3.63) is 41.2 Å². The summed E-state index contributed by atoms with van der Waals surface area (Å²) >= 11 is 0.732. The van der Waals surface area contributed by atoms with E-state index in [0.29, 0.717) is 6.20 Å². The third kappa shape index (κ3) is 4.18. The number of alkyl halides is 6. The number of halogens is 6. The van der Waals surface area contributed by atoms with Crippen LogP contribution in [0.1, 0.15) is 21.6 Å². The molecule has 0 saturated carbocycles. The van der Waals surface area contributed by atoms with Crippen LogP contribution in [0.15, 0.2) is 29.3 Å². The molecule has 0 fully saturated rings. The van der Waals surface area contributed by atoms with Crippen LogP contribution in [-0.2, 0) is 12.4 Å². The van der Waals surface area contributed by atoms with Gasteiger partial charge in [0.15, 0.2) is 5.69 Å². The van der Waals surface area contributed by atoms with Crippen LogP contribution in [0.3, 0.4) is 0 Å². The quantitative estimate of drug-likeness (QED) is 0.577. The number of nitrogens with one attached hydrogen (secondary N) is 1. The van der Waals surface area contributed by atoms with E-state index in [1.54, 1.807) is 0 Å². The number of aromatic carboxylic acids is 1. The Kier molecular flexibility index (Phi) is 5.35. The second-order valence-corrected chi connectivity index (χ2v) is 5.58. The van der Waals surface area contributed by atoms with E-state index in [2.05, 4.69) is 15.3 Å². The smallest absolute Gasteiger partial charge is 0.434 e. The number of hydrogen-bond acceptors (Lipinski definition) is 5. The van der Waals surface area contributed by atoms with Crippen molar-refractivity contribution in [2.24, 2.45) is 0 Å². The molecule has 1 aromatic carbocycles. The van der Waals surface area contributed by atoms with E-state index in [9.17, 15) is 31.1 Å². The fourth-order valence-electron chi connectivity index (χ4n) is 2.01. The van der Waals surface area contributed by atoms with Crippen LogP contribution in [0.4, 0.5) is 38.0 Å². The van der Waals surface area contributed by atoms with E-state index in [1.165, 1.54) is 12.3 Å². The molecule has 26 heavy (non-hydrogen) atoms. The van der Waals surface area contributed by atoms with Gasteiger partial charge in [0, 0.05) is 11.1 Å². The van der Waals surface area contributed by atoms with E-state index >= 15 is 0 Å². The van der Waals surface area contributed by atoms with Gasteiger partial charge in [0.05, 0.1) is 11.3 Å². The van der Waals surface area contributed by atoms with Crippen LogP contribution in [0.25, 0.3) is 0 Å². The first-order chi connectivity index (χ1) is 11.9. The SMILES string of the molecule is CSc1c(Nc2ncc(C(=O)O)c(C(F)(F)F)n2)cccc1C(F)(F)F. The Morgan fingerprint density at radius 2 is 1.81 bits per heavy atom. The number of benzene rings is 1. The van der Waals surface area contributed by atoms with Gasteiger partial charge in [-0.1, -0.05) is 6.07 Å². The summed E-state index contributed by atoms with van der Waals surface area (Å²) in [7, 11) is 0. The fourth-order valence-corrected chi connectivity index (χ4v) is 2.76. The standard InChI is InChI=1S/C14H9F6N3O2S/c1-26-9-7(13(15,16)17)3-2-4-8(9)22-12-21-5-6(11(24)25)10(23-12)14(18,19)20/h2-5H,1H3,(H,24,25)(H,21,22,23). The van der Waals surface area contributed by atoms with Crippen LogP contribution in [-0.4, -0.2) is 27.3 Å². The van der Waals surface area contributed by atoms with Crippen LogP contribution < -0.4 is 5.32 Å². The lowest BCUT2D eigenvalue weighted by Crippen LogP contribution is -2.17. The molecule has 0 saturated heterocycles. The summed E-state index contributed by atoms with van der Waals surface area (Å²) in [6.07, 6.45) is -7.94. The lowest BCUT2D eigenvalue weighted by molar-refractivity contribution is -0.141. The zero-order valence-electron chi connectivity index (χ0n) is 12.7. The lowest BCUT2D eigenvalue weighted by atomic mass is 10.2. The molecular formula is C14H9F6N3O2S. The molecular weight excluding hydrogens is 388 g/mol. The molecule has 2 rings (SSSR count). The maximum Gasteiger partial charge on any atom is 0.434 e. The molecule has 0 bridgehead atoms. The summed E-state index contributed by atoms with van der Waals surface area (Å²) in [5.74, 6) is -2.57. The maximum absolute atomic E-state index is 13.0. The number of hydrogen-bond donors (Lipinski definition) is 2. The monoisotopic (exact) mass is 397 g/mol. The number of carboxylic acids is 1. The zero-order chi connectivity index (χ0) is 19.7. The predicted octanol–water partition coefficient (Wildman–Crippen LogP) is 4.68. The highest BCUT2D eigenvalue weighted by Crippen LogP contribution is 2.40. The van der Waals surface area contributed by atoms with Gasteiger partial charge in [-0.3, -0.25) is 0 Å². The summed E-state index contributed by atoms with van der Waals surface area (Å²) in [5.41, 5.74) is -4.02. The Balaban J connectivity index is 2.52. The largest absolute Gasteiger partial charge is 0.478 e. The zero-order valence-corrected chi connectivity index (χ0v) is 13.6. The first kappa shape index (κ1) is 19.8. The minimum absolute atomic E-state index is 0.163. The first-order valence-corrected chi connectivity index (χ1v) is 7.86. The van der Waals surface area contributed by atoms with Crippen molar-refractivity contribution < 1.29 is 36.2 Å². The highest BCUT2D eigenvalue weighted by Gasteiger charge is 2.38. The molecule has 5 nitrogen and oxygen atoms in total. The van der Waals surface area contributed by atoms with Gasteiger partial charge >= 0.3 is 18.3 Å². The molecule has 0 aliphatic rings. The minimum atomic E-state index is -5.08. The summed E-state index contributed by atoms with van der Waals surface area (Å²) in [4.78, 5) is 17.2. The molecule has 1 heterocycles. The maximum atomic E-state index is 13.0. The van der Waals surface area contributed by atoms with Crippen molar-refractivity contribution >= 4 is 29.4 Å². The van der Waals surface area contributed by atoms with Gasteiger partial charge in [-0.05, 0) is 18.4 Å². The van der Waals surface area contributed by atoms with Gasteiger partial charge in [0.2, 0.25) is 5.95 Å². The fraction of sp³-hybridized carbons (Fsp3) is 0.214. The molecule has 0 atom stereocenters. The summed E-state index contributed by atoms with van der Waals surface area (Å²) in [6.45, 7) is 0. The number of aromatic nitrogens is 2. The highest BCUT2D eigenvalue weighted by atomic mass is 32.2. The molecule has 0 aliphatic heterocycles. The molecule has 1 aromatic heterocycles. The number of anilines is 2. The molecule has 0 amide bonds. The average molecular weight is 397 g/mol. The van der Waals surface area contributed by atoms with Crippen molar-refractivity contribution in [3.63, 3.8) is 0 Å². The Morgan fingerprint density at radius 1 is 1.15 bits per heavy atom. The van der Waals surface area contributed by atoms with Gasteiger partial charge in [0.25, 0.3) is 0 Å². The third-order valence-corrected chi connectivity index (χ3v) is 3.91. The first-order valence-electron chi connectivity index (χ1n) is 6.64. The van der Waals surface area contributed by atoms with Gasteiger partial charge < -0.3 is 10.4 Å². The topological polar surface area (TPSA) is 75.1 Å². The lowest BCUT2D eigenvalue weighted by Gasteiger charge is -2.16. The third-order valence-electron chi connectivity index (χ3n) is 3.06. The van der Waals surface area contributed by atoms with Crippen molar-refractivity contribution in [2.75, 3.05) is 11.6 Å². The van der Waals surface area contributed by atoms with Crippen LogP contribution in [0.5, 0.6) is 0 Å². The molecule has 0 spiro atoms. The number of rotatable bonds is 4. The number of carbonyl (C=O) groups is 1. The Morgan fingerprint density at radius 3 is 2.31 bits per heavy atom. The second-order valence-electron chi connectivity index (χ2n) is 4.77. The Labute approximate surface area is 146 Å². The van der Waals surface area contributed by atoms with Crippen molar-refractivity contribution in [2.45, 2.75) is 17.2 Å². The van der Waals surface area contributed by atoms with E-state index in [1.807, 2.05) is 0 Å². The molecule has 2 aromatic rings. The van der Waals surface area contributed by atoms with Gasteiger partial charge in [-0.25, -0.2) is 14.8 Å². The molecule has 0 radical (unpaired) electrons. The van der Waals surface area contributed by atoms with E-state index in [4.69, 9.17) is 5.11 Å². The second kappa shape index (κ2) is 7.02. The Hall–Kier alpha value is -2.50. The van der Waals surface area contributed by atoms with Crippen molar-refractivity contribution in [1.82, 2.24) is 9.97 Å². The van der Waals surface area contributed by atoms with E-state index < -0.39 is 41.1 Å². The molecule has 2 N–H and O–H groups in total. The van der Waals surface area contributed by atoms with Crippen LogP contribution in [0.2, 0.25) is 0 Å². The number of thioether (sulfide) groups is 1. The molecule has 0 aliphatic carbocycles. The highest BCUT2D eigenvalue weighted by molar-refractivity contribution is 7.98. The minimum Gasteiger partial charge on any atom is -0.478 e. The van der Waals surface area contributed by atoms with E-state index in [0.717, 1.165) is 23.9 Å². The van der Waals surface area contributed by atoms with Crippen molar-refractivity contribution in [1.29, 1.82) is 0 Å². The molecule has 140 valence electrons. The van der Waals surface area contributed by atoms with Crippen LogP contribution >= 0.6 is 11.8 Å². The number of nitrogens with zero attached hydrogens (tertiary/aromatic N) is 2. The Bertz CT molecular complexity index is 838. The average Bonchev–Trinajstić information content (AvgIpc) is 2.52. The van der Waals surface area contributed by atoms with Gasteiger partial charge in [-0.15, -0.1) is 11.8 Å². The van der Waals surface area contributed by atoms with Gasteiger partial charge in [-0.2, -0.15) is 26.3 Å². The molecule has 12 heteroatoms.